The van der Waals surface area contributed by atoms with Crippen molar-refractivity contribution < 1.29 is 9.53 Å². The Morgan fingerprint density at radius 3 is 2.85 bits per heavy atom. The number of amides is 1. The van der Waals surface area contributed by atoms with E-state index in [-0.39, 0.29) is 12.1 Å². The molecule has 0 aliphatic rings. The number of nitrogens with one attached hydrogen (secondary N) is 3. The van der Waals surface area contributed by atoms with E-state index in [9.17, 15) is 4.79 Å². The van der Waals surface area contributed by atoms with Crippen LogP contribution in [0.1, 0.15) is 39.9 Å². The Kier molecular flexibility index (Phi) is 6.44. The molecule has 0 saturated heterocycles. The fourth-order valence-corrected chi connectivity index (χ4v) is 1.58. The number of hydrogen-bond donors (Lipinski definition) is 3. The van der Waals surface area contributed by atoms with E-state index in [1.807, 2.05) is 27.7 Å². The Hall–Kier alpha value is -1.63. The van der Waals surface area contributed by atoms with Gasteiger partial charge in [0.1, 0.15) is 17.8 Å². The minimum Gasteiger partial charge on any atom is -0.444 e. The molecule has 0 aliphatic heterocycles. The monoisotopic (exact) mass is 283 g/mol. The first kappa shape index (κ1) is 16.4. The summed E-state index contributed by atoms with van der Waals surface area (Å²) in [7, 11) is 0. The van der Waals surface area contributed by atoms with Gasteiger partial charge in [0.15, 0.2) is 0 Å². The Labute approximate surface area is 119 Å². The molecule has 0 saturated carbocycles. The average molecular weight is 283 g/mol. The number of alkyl carbamates (subject to hydrolysis) is 1. The summed E-state index contributed by atoms with van der Waals surface area (Å²) in [6, 6.07) is 0.192. The summed E-state index contributed by atoms with van der Waals surface area (Å²) in [5.74, 6) is 0.895. The maximum absolute atomic E-state index is 11.5. The first-order valence-electron chi connectivity index (χ1n) is 6.91. The lowest BCUT2D eigenvalue weighted by atomic mass is 10.2. The highest BCUT2D eigenvalue weighted by molar-refractivity contribution is 5.67. The van der Waals surface area contributed by atoms with Gasteiger partial charge in [0.05, 0.1) is 0 Å². The van der Waals surface area contributed by atoms with Crippen LogP contribution in [0.3, 0.4) is 0 Å². The van der Waals surface area contributed by atoms with Gasteiger partial charge in [-0.25, -0.2) is 9.78 Å². The molecule has 0 spiro atoms. The molecular formula is C13H25N5O2. The maximum Gasteiger partial charge on any atom is 0.407 e. The highest BCUT2D eigenvalue weighted by Crippen LogP contribution is 2.06. The fraction of sp³-hybridized carbons (Fsp3) is 0.769. The van der Waals surface area contributed by atoms with Crippen LogP contribution in [0.4, 0.5) is 4.79 Å². The van der Waals surface area contributed by atoms with Gasteiger partial charge < -0.3 is 15.4 Å². The fourth-order valence-electron chi connectivity index (χ4n) is 1.58. The van der Waals surface area contributed by atoms with Gasteiger partial charge in [-0.1, -0.05) is 0 Å². The number of carbonyl (C=O) groups excluding carboxylic acids is 1. The second kappa shape index (κ2) is 7.84. The molecule has 3 N–H and O–H groups in total. The minimum absolute atomic E-state index is 0.192. The van der Waals surface area contributed by atoms with E-state index in [1.54, 1.807) is 0 Å². The van der Waals surface area contributed by atoms with Crippen LogP contribution < -0.4 is 10.6 Å². The molecule has 0 bridgehead atoms. The lowest BCUT2D eigenvalue weighted by molar-refractivity contribution is 0.0523. The van der Waals surface area contributed by atoms with Crippen LogP contribution in [0, 0.1) is 0 Å². The molecule has 1 aromatic heterocycles. The number of aromatic amines is 1. The molecule has 0 radical (unpaired) electrons. The number of rotatable bonds is 7. The van der Waals surface area contributed by atoms with Crippen LogP contribution in [-0.4, -0.2) is 46.0 Å². The summed E-state index contributed by atoms with van der Waals surface area (Å²) in [6.07, 6.45) is 2.95. The second-order valence-corrected chi connectivity index (χ2v) is 5.77. The van der Waals surface area contributed by atoms with Crippen molar-refractivity contribution in [3.05, 3.63) is 12.2 Å². The van der Waals surface area contributed by atoms with Gasteiger partial charge in [0.25, 0.3) is 0 Å². The topological polar surface area (TPSA) is 91.9 Å². The molecule has 1 heterocycles. The smallest absolute Gasteiger partial charge is 0.407 e. The van der Waals surface area contributed by atoms with E-state index < -0.39 is 5.60 Å². The first-order chi connectivity index (χ1) is 9.37. The zero-order valence-corrected chi connectivity index (χ0v) is 12.7. The second-order valence-electron chi connectivity index (χ2n) is 5.77. The van der Waals surface area contributed by atoms with Gasteiger partial charge in [-0.2, -0.15) is 5.10 Å². The molecule has 7 heteroatoms. The average Bonchev–Trinajstić information content (AvgIpc) is 2.83. The molecule has 0 aromatic carbocycles. The normalized spacial score (nSPS) is 13.0. The van der Waals surface area contributed by atoms with E-state index in [0.717, 1.165) is 25.2 Å². The Balaban J connectivity index is 2.05. The zero-order valence-electron chi connectivity index (χ0n) is 12.7. The summed E-state index contributed by atoms with van der Waals surface area (Å²) < 4.78 is 5.17. The van der Waals surface area contributed by atoms with Crippen molar-refractivity contribution in [1.82, 2.24) is 25.8 Å². The minimum atomic E-state index is -0.460. The van der Waals surface area contributed by atoms with Crippen LogP contribution in [-0.2, 0) is 11.2 Å². The quantitative estimate of drug-likeness (QED) is 0.655. The summed E-state index contributed by atoms with van der Waals surface area (Å²) >= 11 is 0. The van der Waals surface area contributed by atoms with Gasteiger partial charge in [-0.15, -0.1) is 0 Å². The molecule has 114 valence electrons. The van der Waals surface area contributed by atoms with Crippen molar-refractivity contribution in [2.24, 2.45) is 0 Å². The third-order valence-corrected chi connectivity index (χ3v) is 2.50. The van der Waals surface area contributed by atoms with E-state index in [1.165, 1.54) is 6.33 Å². The third-order valence-electron chi connectivity index (χ3n) is 2.50. The summed E-state index contributed by atoms with van der Waals surface area (Å²) in [5, 5.41) is 12.7. The van der Waals surface area contributed by atoms with Crippen molar-refractivity contribution in [3.8, 4) is 0 Å². The third kappa shape index (κ3) is 7.73. The SMILES string of the molecule is CC(CNC(=O)OC(C)(C)C)NCCCc1ncn[nH]1. The molecule has 1 amide bonds. The number of H-pyrrole nitrogens is 1. The van der Waals surface area contributed by atoms with Gasteiger partial charge in [-0.3, -0.25) is 5.10 Å². The van der Waals surface area contributed by atoms with Gasteiger partial charge >= 0.3 is 6.09 Å². The van der Waals surface area contributed by atoms with Gasteiger partial charge in [0.2, 0.25) is 0 Å². The van der Waals surface area contributed by atoms with Crippen molar-refractivity contribution in [2.45, 2.75) is 52.2 Å². The van der Waals surface area contributed by atoms with Crippen LogP contribution in [0.25, 0.3) is 0 Å². The highest BCUT2D eigenvalue weighted by Gasteiger charge is 2.16. The Morgan fingerprint density at radius 1 is 1.50 bits per heavy atom. The highest BCUT2D eigenvalue weighted by atomic mass is 16.6. The molecular weight excluding hydrogens is 258 g/mol. The molecule has 1 atom stereocenters. The van der Waals surface area contributed by atoms with Crippen molar-refractivity contribution in [1.29, 1.82) is 0 Å². The molecule has 1 unspecified atom stereocenters. The van der Waals surface area contributed by atoms with Crippen molar-refractivity contribution in [3.63, 3.8) is 0 Å². The predicted molar refractivity (Wildman–Crippen MR) is 76.4 cm³/mol. The van der Waals surface area contributed by atoms with E-state index in [2.05, 4.69) is 25.8 Å². The number of carbonyl (C=O) groups is 1. The number of ether oxygens (including phenoxy) is 1. The molecule has 1 rings (SSSR count). The van der Waals surface area contributed by atoms with E-state index >= 15 is 0 Å². The molecule has 1 aromatic rings. The van der Waals surface area contributed by atoms with Crippen molar-refractivity contribution >= 4 is 6.09 Å². The number of hydrogen-bond acceptors (Lipinski definition) is 5. The summed E-state index contributed by atoms with van der Waals surface area (Å²) in [6.45, 7) is 8.95. The largest absolute Gasteiger partial charge is 0.444 e. The lowest BCUT2D eigenvalue weighted by Gasteiger charge is -2.21. The maximum atomic E-state index is 11.5. The molecule has 20 heavy (non-hydrogen) atoms. The lowest BCUT2D eigenvalue weighted by Crippen LogP contribution is -2.41. The Bertz CT molecular complexity index is 386. The van der Waals surface area contributed by atoms with Gasteiger partial charge in [0, 0.05) is 19.0 Å². The van der Waals surface area contributed by atoms with E-state index in [0.29, 0.717) is 6.54 Å². The van der Waals surface area contributed by atoms with Crippen LogP contribution in [0.2, 0.25) is 0 Å². The summed E-state index contributed by atoms with van der Waals surface area (Å²) in [5.41, 5.74) is -0.460. The molecule has 7 nitrogen and oxygen atoms in total. The first-order valence-corrected chi connectivity index (χ1v) is 6.91. The molecule has 0 fully saturated rings. The predicted octanol–water partition coefficient (Wildman–Crippen LogP) is 1.24. The zero-order chi connectivity index (χ0) is 15.0. The Morgan fingerprint density at radius 2 is 2.25 bits per heavy atom. The van der Waals surface area contributed by atoms with E-state index in [4.69, 9.17) is 4.74 Å². The van der Waals surface area contributed by atoms with Gasteiger partial charge in [-0.05, 0) is 40.7 Å². The standard InChI is InChI=1S/C13H25N5O2/c1-10(8-15-12(19)20-13(2,3)4)14-7-5-6-11-16-9-17-18-11/h9-10,14H,5-8H2,1-4H3,(H,15,19)(H,16,17,18). The summed E-state index contributed by atoms with van der Waals surface area (Å²) in [4.78, 5) is 15.5. The molecule has 0 aliphatic carbocycles. The van der Waals surface area contributed by atoms with Crippen LogP contribution >= 0.6 is 0 Å². The van der Waals surface area contributed by atoms with Crippen molar-refractivity contribution in [2.75, 3.05) is 13.1 Å². The van der Waals surface area contributed by atoms with Crippen LogP contribution in [0.15, 0.2) is 6.33 Å². The number of aromatic nitrogens is 3. The number of aryl methyl sites for hydroxylation is 1. The van der Waals surface area contributed by atoms with Crippen LogP contribution in [0.5, 0.6) is 0 Å². The number of nitrogens with zero attached hydrogens (tertiary/aromatic N) is 2.